The second-order valence-electron chi connectivity index (χ2n) is 6.41. The lowest BCUT2D eigenvalue weighted by molar-refractivity contribution is -0.113. The second kappa shape index (κ2) is 6.88. The Morgan fingerprint density at radius 1 is 1.27 bits per heavy atom. The van der Waals surface area contributed by atoms with Crippen LogP contribution in [0.3, 0.4) is 0 Å². The number of anilines is 1. The Hall–Kier alpha value is -2.73. The first-order valence-corrected chi connectivity index (χ1v) is 9.50. The van der Waals surface area contributed by atoms with Crippen LogP contribution in [0.4, 0.5) is 11.4 Å². The molecule has 26 heavy (non-hydrogen) atoms. The predicted molar refractivity (Wildman–Crippen MR) is 107 cm³/mol. The number of nitrogens with zero attached hydrogens (tertiary/aromatic N) is 2. The Morgan fingerprint density at radius 3 is 2.96 bits per heavy atom. The van der Waals surface area contributed by atoms with Crippen LogP contribution in [-0.4, -0.2) is 21.8 Å². The van der Waals surface area contributed by atoms with Crippen molar-refractivity contribution >= 4 is 34.2 Å². The molecule has 2 aromatic rings. The average Bonchev–Trinajstić information content (AvgIpc) is 3.12. The second-order valence-corrected chi connectivity index (χ2v) is 7.35. The molecule has 6 heteroatoms. The van der Waals surface area contributed by atoms with Crippen LogP contribution in [0.5, 0.6) is 0 Å². The van der Waals surface area contributed by atoms with E-state index in [1.807, 2.05) is 55.4 Å². The van der Waals surface area contributed by atoms with E-state index in [4.69, 9.17) is 4.99 Å². The highest BCUT2D eigenvalue weighted by atomic mass is 32.2. The van der Waals surface area contributed by atoms with Crippen molar-refractivity contribution in [2.75, 3.05) is 11.1 Å². The van der Waals surface area contributed by atoms with Gasteiger partial charge in [-0.3, -0.25) is 9.80 Å². The van der Waals surface area contributed by atoms with Crippen LogP contribution in [0.2, 0.25) is 0 Å². The molecule has 0 saturated heterocycles. The number of fused-ring (bicyclic) bond motifs is 3. The van der Waals surface area contributed by atoms with Crippen LogP contribution >= 0.6 is 11.8 Å². The largest absolute Gasteiger partial charge is 0.325 e. The van der Waals surface area contributed by atoms with E-state index >= 15 is 0 Å². The van der Waals surface area contributed by atoms with E-state index in [9.17, 15) is 4.79 Å². The molecule has 0 fully saturated rings. The molecule has 0 spiro atoms. The summed E-state index contributed by atoms with van der Waals surface area (Å²) < 4.78 is 0. The molecule has 132 valence electrons. The summed E-state index contributed by atoms with van der Waals surface area (Å²) in [5, 5.41) is 5.78. The zero-order chi connectivity index (χ0) is 18.1. The Kier molecular flexibility index (Phi) is 4.42. The number of hydrogen-bond acceptors (Lipinski definition) is 5. The summed E-state index contributed by atoms with van der Waals surface area (Å²) in [5.41, 5.74) is 8.44. The molecule has 0 aliphatic carbocycles. The van der Waals surface area contributed by atoms with Crippen molar-refractivity contribution in [3.8, 4) is 0 Å². The number of aliphatic imine (C=N–C) groups is 1. The van der Waals surface area contributed by atoms with Gasteiger partial charge < -0.3 is 10.7 Å². The number of carbonyl (C=O) groups excluding carboxylic acids is 1. The van der Waals surface area contributed by atoms with Crippen molar-refractivity contribution in [2.24, 2.45) is 4.99 Å². The minimum Gasteiger partial charge on any atom is -0.325 e. The van der Waals surface area contributed by atoms with E-state index in [2.05, 4.69) is 29.0 Å². The number of nitrogens with one attached hydrogen (secondary N) is 2. The number of thioether (sulfide) groups is 1. The number of amidine groups is 1. The van der Waals surface area contributed by atoms with Gasteiger partial charge in [0.1, 0.15) is 0 Å². The molecule has 5 nitrogen and oxygen atoms in total. The maximum Gasteiger partial charge on any atom is 0.234 e. The predicted octanol–water partition coefficient (Wildman–Crippen LogP) is 4.05. The summed E-state index contributed by atoms with van der Waals surface area (Å²) in [6.45, 7) is 4.04. The molecule has 2 aliphatic heterocycles. The third-order valence-electron chi connectivity index (χ3n) is 4.44. The summed E-state index contributed by atoms with van der Waals surface area (Å²) in [7, 11) is 0. The third kappa shape index (κ3) is 3.20. The first-order chi connectivity index (χ1) is 12.6. The van der Waals surface area contributed by atoms with Gasteiger partial charge in [-0.05, 0) is 37.6 Å². The molecule has 2 N–H and O–H groups in total. The highest BCUT2D eigenvalue weighted by molar-refractivity contribution is 8.14. The van der Waals surface area contributed by atoms with Gasteiger partial charge in [0.2, 0.25) is 5.91 Å². The van der Waals surface area contributed by atoms with E-state index in [1.54, 1.807) is 0 Å². The van der Waals surface area contributed by atoms with Crippen LogP contribution in [0.25, 0.3) is 0 Å². The Balaban J connectivity index is 1.46. The molecule has 1 atom stereocenters. The number of carbonyl (C=O) groups is 1. The first kappa shape index (κ1) is 16.7. The molecule has 0 saturated carbocycles. The van der Waals surface area contributed by atoms with Gasteiger partial charge >= 0.3 is 0 Å². The molecule has 0 unspecified atom stereocenters. The number of aryl methyl sites for hydroxylation is 2. The van der Waals surface area contributed by atoms with E-state index in [-0.39, 0.29) is 11.9 Å². The normalized spacial score (nSPS) is 17.2. The van der Waals surface area contributed by atoms with Crippen molar-refractivity contribution in [1.82, 2.24) is 10.4 Å². The number of hydrogen-bond donors (Lipinski definition) is 2. The van der Waals surface area contributed by atoms with E-state index in [0.29, 0.717) is 5.75 Å². The highest BCUT2D eigenvalue weighted by Gasteiger charge is 2.31. The van der Waals surface area contributed by atoms with Crippen molar-refractivity contribution in [1.29, 1.82) is 0 Å². The smallest absolute Gasteiger partial charge is 0.234 e. The summed E-state index contributed by atoms with van der Waals surface area (Å²) in [6, 6.07) is 14.2. The number of para-hydroxylation sites is 1. The van der Waals surface area contributed by atoms with Crippen LogP contribution in [0, 0.1) is 13.8 Å². The van der Waals surface area contributed by atoms with Crippen LogP contribution in [0.1, 0.15) is 22.7 Å². The van der Waals surface area contributed by atoms with Gasteiger partial charge in [-0.1, -0.05) is 47.7 Å². The lowest BCUT2D eigenvalue weighted by Gasteiger charge is -2.31. The highest BCUT2D eigenvalue weighted by Crippen LogP contribution is 2.38. The van der Waals surface area contributed by atoms with Gasteiger partial charge in [0.15, 0.2) is 5.17 Å². The van der Waals surface area contributed by atoms with Crippen LogP contribution in [-0.2, 0) is 4.79 Å². The molecule has 0 aromatic heterocycles. The zero-order valence-corrected chi connectivity index (χ0v) is 15.5. The van der Waals surface area contributed by atoms with Gasteiger partial charge in [-0.25, -0.2) is 4.99 Å². The maximum atomic E-state index is 12.4. The van der Waals surface area contributed by atoms with Crippen molar-refractivity contribution < 1.29 is 4.79 Å². The molecule has 0 bridgehead atoms. The van der Waals surface area contributed by atoms with Gasteiger partial charge in [-0.15, -0.1) is 0 Å². The molecule has 2 aromatic carbocycles. The van der Waals surface area contributed by atoms with Gasteiger partial charge in [0, 0.05) is 17.5 Å². The quantitative estimate of drug-likeness (QED) is 0.863. The number of hydrazine groups is 1. The summed E-state index contributed by atoms with van der Waals surface area (Å²) >= 11 is 1.44. The van der Waals surface area contributed by atoms with Gasteiger partial charge in [0.05, 0.1) is 17.5 Å². The zero-order valence-electron chi connectivity index (χ0n) is 14.7. The SMILES string of the molecule is Cc1ccc(NC(=O)CSC2=Nc3ccccc3[C@@H]3C=CNN23)c(C)c1. The first-order valence-electron chi connectivity index (χ1n) is 8.51. The minimum atomic E-state index is -0.0350. The van der Waals surface area contributed by atoms with Crippen molar-refractivity contribution in [3.05, 3.63) is 71.4 Å². The van der Waals surface area contributed by atoms with E-state index in [1.165, 1.54) is 17.3 Å². The summed E-state index contributed by atoms with van der Waals surface area (Å²) in [6.07, 6.45) is 4.02. The number of amides is 1. The molecule has 4 rings (SSSR count). The Bertz CT molecular complexity index is 922. The summed E-state index contributed by atoms with van der Waals surface area (Å²) in [4.78, 5) is 17.1. The van der Waals surface area contributed by atoms with E-state index in [0.717, 1.165) is 27.7 Å². The fourth-order valence-corrected chi connectivity index (χ4v) is 3.97. The molecule has 0 radical (unpaired) electrons. The lowest BCUT2D eigenvalue weighted by Crippen LogP contribution is -2.39. The Morgan fingerprint density at radius 2 is 2.12 bits per heavy atom. The number of benzene rings is 2. The molecular weight excluding hydrogens is 344 g/mol. The molecule has 2 aliphatic rings. The molecular formula is C20H20N4OS. The summed E-state index contributed by atoms with van der Waals surface area (Å²) in [5.74, 6) is 0.270. The fourth-order valence-electron chi connectivity index (χ4n) is 3.17. The topological polar surface area (TPSA) is 56.7 Å². The monoisotopic (exact) mass is 364 g/mol. The Labute approximate surface area is 157 Å². The number of rotatable bonds is 3. The minimum absolute atomic E-state index is 0.0350. The van der Waals surface area contributed by atoms with Crippen LogP contribution < -0.4 is 10.7 Å². The van der Waals surface area contributed by atoms with Gasteiger partial charge in [-0.2, -0.15) is 0 Å². The fraction of sp³-hybridized carbons (Fsp3) is 0.200. The lowest BCUT2D eigenvalue weighted by atomic mass is 10.0. The van der Waals surface area contributed by atoms with E-state index < -0.39 is 0 Å². The molecule has 2 heterocycles. The third-order valence-corrected chi connectivity index (χ3v) is 5.39. The van der Waals surface area contributed by atoms with Crippen LogP contribution in [0.15, 0.2) is 59.7 Å². The average molecular weight is 364 g/mol. The van der Waals surface area contributed by atoms with Crippen molar-refractivity contribution in [3.63, 3.8) is 0 Å². The van der Waals surface area contributed by atoms with Crippen molar-refractivity contribution in [2.45, 2.75) is 19.9 Å². The van der Waals surface area contributed by atoms with Gasteiger partial charge in [0.25, 0.3) is 0 Å². The molecule has 1 amide bonds. The standard InChI is InChI=1S/C20H20N4OS/c1-13-7-8-16(14(2)11-13)22-19(25)12-26-20-23-17-6-4-3-5-15(17)18-9-10-21-24(18)20/h3-11,18,21H,12H2,1-2H3,(H,22,25)/t18-/m0/s1. The maximum absolute atomic E-state index is 12.4.